The number of anilines is 2. The molecule has 7 nitrogen and oxygen atoms in total. The van der Waals surface area contributed by atoms with E-state index in [1.54, 1.807) is 11.3 Å². The highest BCUT2D eigenvalue weighted by molar-refractivity contribution is 7.21. The van der Waals surface area contributed by atoms with E-state index in [4.69, 9.17) is 4.98 Å². The maximum atomic E-state index is 12.7. The molecule has 1 aromatic carbocycles. The average Bonchev–Trinajstić information content (AvgIpc) is 3.31. The third kappa shape index (κ3) is 5.76. The number of hydrogen-bond donors (Lipinski definition) is 1. The molecule has 186 valence electrons. The van der Waals surface area contributed by atoms with E-state index in [0.29, 0.717) is 6.04 Å². The monoisotopic (exact) mass is 492 g/mol. The Balaban J connectivity index is 1.01. The van der Waals surface area contributed by atoms with Gasteiger partial charge in [-0.25, -0.2) is 9.97 Å². The Morgan fingerprint density at radius 2 is 2.00 bits per heavy atom. The van der Waals surface area contributed by atoms with E-state index >= 15 is 0 Å². The van der Waals surface area contributed by atoms with Gasteiger partial charge in [0.2, 0.25) is 5.91 Å². The number of rotatable bonds is 7. The largest absolute Gasteiger partial charge is 0.366 e. The standard InChI is InChI=1S/C27H36N6OS/c1-20-6-3-7-23(18-20)33-17-16-31(19-21(33)2)13-5-12-28-25(34)22-9-14-32(15-10-22)27-30-24-8-4-11-29-26(24)35-27/h3-4,6-8,11,18,21-22H,5,9-10,12-17,19H2,1-2H3,(H,28,34)/t21-/m1/s1. The smallest absolute Gasteiger partial charge is 0.223 e. The van der Waals surface area contributed by atoms with Gasteiger partial charge in [-0.15, -0.1) is 0 Å². The Hall–Kier alpha value is -2.71. The van der Waals surface area contributed by atoms with E-state index in [0.717, 1.165) is 80.6 Å². The molecule has 0 saturated carbocycles. The van der Waals surface area contributed by atoms with Crippen LogP contribution in [-0.4, -0.2) is 72.6 Å². The number of nitrogens with zero attached hydrogens (tertiary/aromatic N) is 5. The third-order valence-corrected chi connectivity index (χ3v) is 8.33. The second-order valence-electron chi connectivity index (χ2n) is 9.91. The van der Waals surface area contributed by atoms with Crippen molar-refractivity contribution in [1.82, 2.24) is 20.2 Å². The Morgan fingerprint density at radius 1 is 1.14 bits per heavy atom. The fourth-order valence-corrected chi connectivity index (χ4v) is 6.27. The molecule has 2 aliphatic rings. The predicted octanol–water partition coefficient (Wildman–Crippen LogP) is 3.93. The van der Waals surface area contributed by atoms with Crippen molar-refractivity contribution in [2.45, 2.75) is 39.2 Å². The molecule has 0 unspecified atom stereocenters. The van der Waals surface area contributed by atoms with Gasteiger partial charge in [-0.1, -0.05) is 23.5 Å². The molecular formula is C27H36N6OS. The number of aryl methyl sites for hydroxylation is 1. The Kier molecular flexibility index (Phi) is 7.48. The van der Waals surface area contributed by atoms with Crippen molar-refractivity contribution in [2.75, 3.05) is 55.6 Å². The number of fused-ring (bicyclic) bond motifs is 1. The van der Waals surface area contributed by atoms with Gasteiger partial charge in [0.05, 0.1) is 0 Å². The Labute approximate surface area is 212 Å². The number of piperidine rings is 1. The summed E-state index contributed by atoms with van der Waals surface area (Å²) in [5, 5.41) is 4.23. The van der Waals surface area contributed by atoms with Crippen molar-refractivity contribution in [2.24, 2.45) is 5.92 Å². The van der Waals surface area contributed by atoms with Crippen LogP contribution in [-0.2, 0) is 4.79 Å². The summed E-state index contributed by atoms with van der Waals surface area (Å²) in [6.07, 6.45) is 4.58. The molecular weight excluding hydrogens is 456 g/mol. The summed E-state index contributed by atoms with van der Waals surface area (Å²) in [5.41, 5.74) is 3.60. The summed E-state index contributed by atoms with van der Waals surface area (Å²) in [6.45, 7) is 11.2. The lowest BCUT2D eigenvalue weighted by molar-refractivity contribution is -0.125. The zero-order valence-electron chi connectivity index (χ0n) is 20.8. The van der Waals surface area contributed by atoms with Gasteiger partial charge in [0, 0.05) is 63.1 Å². The molecule has 0 spiro atoms. The molecule has 0 aliphatic carbocycles. The molecule has 2 aliphatic heterocycles. The van der Waals surface area contributed by atoms with Crippen LogP contribution in [0.2, 0.25) is 0 Å². The molecule has 2 saturated heterocycles. The fraction of sp³-hybridized carbons (Fsp3) is 0.519. The van der Waals surface area contributed by atoms with Crippen LogP contribution in [0.3, 0.4) is 0 Å². The van der Waals surface area contributed by atoms with Gasteiger partial charge in [-0.3, -0.25) is 9.69 Å². The first-order chi connectivity index (χ1) is 17.1. The number of amides is 1. The molecule has 5 rings (SSSR count). The first-order valence-electron chi connectivity index (χ1n) is 12.9. The van der Waals surface area contributed by atoms with Gasteiger partial charge >= 0.3 is 0 Å². The summed E-state index contributed by atoms with van der Waals surface area (Å²) >= 11 is 1.64. The average molecular weight is 493 g/mol. The lowest BCUT2D eigenvalue weighted by Crippen LogP contribution is -2.52. The first kappa shape index (κ1) is 24.0. The summed E-state index contributed by atoms with van der Waals surface area (Å²) in [4.78, 5) is 30.2. The fourth-order valence-electron chi connectivity index (χ4n) is 5.31. The number of nitrogens with one attached hydrogen (secondary N) is 1. The van der Waals surface area contributed by atoms with Gasteiger partial charge in [-0.2, -0.15) is 0 Å². The minimum absolute atomic E-state index is 0.108. The van der Waals surface area contributed by atoms with Crippen LogP contribution < -0.4 is 15.1 Å². The molecule has 0 bridgehead atoms. The van der Waals surface area contributed by atoms with E-state index in [9.17, 15) is 4.79 Å². The van der Waals surface area contributed by atoms with Crippen molar-refractivity contribution in [1.29, 1.82) is 0 Å². The molecule has 1 amide bonds. The minimum atomic E-state index is 0.108. The van der Waals surface area contributed by atoms with Crippen molar-refractivity contribution < 1.29 is 4.79 Å². The molecule has 2 fully saturated rings. The first-order valence-corrected chi connectivity index (χ1v) is 13.7. The van der Waals surface area contributed by atoms with Crippen molar-refractivity contribution in [3.8, 4) is 0 Å². The predicted molar refractivity (Wildman–Crippen MR) is 144 cm³/mol. The van der Waals surface area contributed by atoms with Gasteiger partial charge in [0.15, 0.2) is 5.13 Å². The SMILES string of the molecule is Cc1cccc(N2CCN(CCCNC(=O)C3CCN(c4nc5cccnc5s4)CC3)C[C@H]2C)c1. The summed E-state index contributed by atoms with van der Waals surface area (Å²) in [5.74, 6) is 0.324. The second-order valence-corrected chi connectivity index (χ2v) is 10.9. The maximum Gasteiger partial charge on any atom is 0.223 e. The molecule has 1 atom stereocenters. The Bertz CT molecular complexity index is 1110. The van der Waals surface area contributed by atoms with Crippen LogP contribution in [0.25, 0.3) is 10.3 Å². The van der Waals surface area contributed by atoms with Crippen LogP contribution in [0.4, 0.5) is 10.8 Å². The molecule has 8 heteroatoms. The topological polar surface area (TPSA) is 64.6 Å². The number of piperazine rings is 1. The summed E-state index contributed by atoms with van der Waals surface area (Å²) in [6, 6.07) is 13.2. The number of benzene rings is 1. The van der Waals surface area contributed by atoms with Crippen molar-refractivity contribution in [3.63, 3.8) is 0 Å². The Morgan fingerprint density at radius 3 is 2.77 bits per heavy atom. The van der Waals surface area contributed by atoms with Crippen molar-refractivity contribution >= 4 is 38.4 Å². The number of carbonyl (C=O) groups excluding carboxylic acids is 1. The van der Waals surface area contributed by atoms with E-state index in [-0.39, 0.29) is 11.8 Å². The lowest BCUT2D eigenvalue weighted by Gasteiger charge is -2.41. The maximum absolute atomic E-state index is 12.7. The molecule has 4 heterocycles. The van der Waals surface area contributed by atoms with Crippen molar-refractivity contribution in [3.05, 3.63) is 48.2 Å². The third-order valence-electron chi connectivity index (χ3n) is 7.29. The molecule has 35 heavy (non-hydrogen) atoms. The molecule has 1 N–H and O–H groups in total. The second kappa shape index (κ2) is 10.9. The van der Waals surface area contributed by atoms with Crippen LogP contribution in [0.5, 0.6) is 0 Å². The quantitative estimate of drug-likeness (QED) is 0.504. The van der Waals surface area contributed by atoms with E-state index in [2.05, 4.69) is 63.1 Å². The number of hydrogen-bond acceptors (Lipinski definition) is 7. The molecule has 2 aromatic heterocycles. The number of pyridine rings is 1. The van der Waals surface area contributed by atoms with E-state index in [1.807, 2.05) is 18.3 Å². The number of aromatic nitrogens is 2. The van der Waals surface area contributed by atoms with Crippen LogP contribution in [0.15, 0.2) is 42.6 Å². The van der Waals surface area contributed by atoms with Gasteiger partial charge < -0.3 is 15.1 Å². The highest BCUT2D eigenvalue weighted by Crippen LogP contribution is 2.30. The van der Waals surface area contributed by atoms with Gasteiger partial charge in [0.25, 0.3) is 0 Å². The summed E-state index contributed by atoms with van der Waals surface area (Å²) in [7, 11) is 0. The van der Waals surface area contributed by atoms with Crippen LogP contribution in [0, 0.1) is 12.8 Å². The van der Waals surface area contributed by atoms with E-state index < -0.39 is 0 Å². The molecule has 3 aromatic rings. The summed E-state index contributed by atoms with van der Waals surface area (Å²) < 4.78 is 0. The van der Waals surface area contributed by atoms with Crippen LogP contribution in [0.1, 0.15) is 31.7 Å². The van der Waals surface area contributed by atoms with Gasteiger partial charge in [-0.05, 0) is 69.5 Å². The lowest BCUT2D eigenvalue weighted by atomic mass is 9.96. The van der Waals surface area contributed by atoms with E-state index in [1.165, 1.54) is 11.3 Å². The highest BCUT2D eigenvalue weighted by atomic mass is 32.1. The minimum Gasteiger partial charge on any atom is -0.366 e. The normalized spacial score (nSPS) is 19.9. The number of thiazole rings is 1. The zero-order valence-corrected chi connectivity index (χ0v) is 21.6. The number of carbonyl (C=O) groups is 1. The molecule has 0 radical (unpaired) electrons. The zero-order chi connectivity index (χ0) is 24.2. The van der Waals surface area contributed by atoms with Gasteiger partial charge in [0.1, 0.15) is 10.3 Å². The van der Waals surface area contributed by atoms with Crippen LogP contribution >= 0.6 is 11.3 Å². The highest BCUT2D eigenvalue weighted by Gasteiger charge is 2.27.